The van der Waals surface area contributed by atoms with Crippen LogP contribution in [0.1, 0.15) is 20.9 Å². The molecule has 0 spiro atoms. The normalized spacial score (nSPS) is 11.7. The van der Waals surface area contributed by atoms with Crippen molar-refractivity contribution < 1.29 is 29.1 Å². The van der Waals surface area contributed by atoms with Crippen molar-refractivity contribution in [2.24, 2.45) is 0 Å². The number of nitrogens with zero attached hydrogens (tertiary/aromatic N) is 3. The van der Waals surface area contributed by atoms with Crippen LogP contribution in [0.3, 0.4) is 0 Å². The highest BCUT2D eigenvalue weighted by Gasteiger charge is 2.19. The Hall–Kier alpha value is -4.23. The van der Waals surface area contributed by atoms with Gasteiger partial charge in [0.15, 0.2) is 10.8 Å². The second-order valence-corrected chi connectivity index (χ2v) is 8.99. The minimum atomic E-state index is -0.585. The summed E-state index contributed by atoms with van der Waals surface area (Å²) in [5, 5.41) is 32.0. The number of fused-ring (bicyclic) bond motifs is 1. The van der Waals surface area contributed by atoms with E-state index in [1.54, 1.807) is 22.4 Å². The molecule has 0 radical (unpaired) electrons. The van der Waals surface area contributed by atoms with Gasteiger partial charge in [0.25, 0.3) is 11.5 Å². The van der Waals surface area contributed by atoms with E-state index >= 15 is 0 Å². The summed E-state index contributed by atoms with van der Waals surface area (Å²) in [6.45, 7) is 0.734. The maximum absolute atomic E-state index is 13.1. The van der Waals surface area contributed by atoms with Crippen LogP contribution in [0, 0.1) is 10.1 Å². The van der Waals surface area contributed by atoms with E-state index in [1.807, 2.05) is 0 Å². The first-order chi connectivity index (χ1) is 18.4. The van der Waals surface area contributed by atoms with Crippen LogP contribution in [-0.2, 0) is 6.54 Å². The molecule has 4 rings (SSSR count). The van der Waals surface area contributed by atoms with Gasteiger partial charge in [-0.25, -0.2) is 9.78 Å². The monoisotopic (exact) mass is 537 g/mol. The smallest absolute Gasteiger partial charge is 0.336 e. The Morgan fingerprint density at radius 3 is 2.50 bits per heavy atom. The summed E-state index contributed by atoms with van der Waals surface area (Å²) in [5.41, 5.74) is 0.698. The molecule has 0 aliphatic heterocycles. The number of non-ortho nitro benzene ring substituents is 1. The van der Waals surface area contributed by atoms with E-state index in [0.29, 0.717) is 36.1 Å². The third kappa shape index (κ3) is 6.55. The second kappa shape index (κ2) is 12.3. The van der Waals surface area contributed by atoms with E-state index < -0.39 is 16.3 Å². The van der Waals surface area contributed by atoms with Crippen LogP contribution in [0.15, 0.2) is 75.1 Å². The summed E-state index contributed by atoms with van der Waals surface area (Å²) < 4.78 is 11.3. The standard InChI is InChI=1S/C26H23N3O8S/c30-10-8-28(9-11-31)16-18-14-24(32)37-22-15-20(5-6-21(18)22)36-23(25(33)26-27-7-12-38-26)13-17-1-3-19(4-2-17)29(34)35/h1-7,12-15,30-31H,8-11,16H2/b23-13-. The van der Waals surface area contributed by atoms with Crippen LogP contribution < -0.4 is 10.4 Å². The summed E-state index contributed by atoms with van der Waals surface area (Å²) in [6, 6.07) is 11.8. The van der Waals surface area contributed by atoms with Crippen molar-refractivity contribution in [1.29, 1.82) is 0 Å². The number of benzene rings is 2. The van der Waals surface area contributed by atoms with Crippen LogP contribution >= 0.6 is 11.3 Å². The maximum Gasteiger partial charge on any atom is 0.336 e. The van der Waals surface area contributed by atoms with Crippen molar-refractivity contribution in [3.05, 3.63) is 103 Å². The zero-order valence-corrected chi connectivity index (χ0v) is 20.8. The highest BCUT2D eigenvalue weighted by Crippen LogP contribution is 2.27. The first-order valence-corrected chi connectivity index (χ1v) is 12.3. The number of nitro groups is 1. The number of nitro benzene ring substituents is 1. The van der Waals surface area contributed by atoms with Gasteiger partial charge in [-0.05, 0) is 41.5 Å². The lowest BCUT2D eigenvalue weighted by Crippen LogP contribution is -2.29. The van der Waals surface area contributed by atoms with Crippen LogP contribution in [-0.4, -0.2) is 57.1 Å². The molecule has 0 aliphatic carbocycles. The van der Waals surface area contributed by atoms with Crippen molar-refractivity contribution in [3.63, 3.8) is 0 Å². The minimum absolute atomic E-state index is 0.0799. The second-order valence-electron chi connectivity index (χ2n) is 8.10. The molecule has 11 nitrogen and oxygen atoms in total. The molecule has 0 unspecified atom stereocenters. The Kier molecular flexibility index (Phi) is 8.71. The zero-order valence-electron chi connectivity index (χ0n) is 20.0. The first-order valence-electron chi connectivity index (χ1n) is 11.5. The number of carbonyl (C=O) groups is 1. The Morgan fingerprint density at radius 1 is 1.13 bits per heavy atom. The average Bonchev–Trinajstić information content (AvgIpc) is 3.43. The van der Waals surface area contributed by atoms with Gasteiger partial charge in [0, 0.05) is 60.9 Å². The molecule has 38 heavy (non-hydrogen) atoms. The van der Waals surface area contributed by atoms with E-state index in [4.69, 9.17) is 9.15 Å². The number of Topliss-reactive ketones (excluding diaryl/α,β-unsaturated/α-hetero) is 1. The molecule has 0 saturated carbocycles. The van der Waals surface area contributed by atoms with E-state index in [9.17, 15) is 29.9 Å². The van der Waals surface area contributed by atoms with Crippen molar-refractivity contribution in [2.75, 3.05) is 26.3 Å². The number of allylic oxidation sites excluding steroid dienone is 1. The molecule has 0 atom stereocenters. The summed E-state index contributed by atoms with van der Waals surface area (Å²) in [7, 11) is 0. The number of aliphatic hydroxyl groups is 2. The van der Waals surface area contributed by atoms with Crippen LogP contribution in [0.4, 0.5) is 5.69 Å². The summed E-state index contributed by atoms with van der Waals surface area (Å²) in [5.74, 6) is -0.348. The zero-order chi connectivity index (χ0) is 27.1. The molecular formula is C26H23N3O8S. The number of rotatable bonds is 12. The molecule has 2 heterocycles. The number of thiazole rings is 1. The number of aromatic nitrogens is 1. The van der Waals surface area contributed by atoms with Gasteiger partial charge in [0.2, 0.25) is 0 Å². The highest BCUT2D eigenvalue weighted by molar-refractivity contribution is 7.11. The van der Waals surface area contributed by atoms with Crippen molar-refractivity contribution >= 4 is 39.9 Å². The largest absolute Gasteiger partial charge is 0.453 e. The summed E-state index contributed by atoms with van der Waals surface area (Å²) >= 11 is 1.14. The number of ether oxygens (including phenoxy) is 1. The molecule has 12 heteroatoms. The highest BCUT2D eigenvalue weighted by atomic mass is 32.1. The van der Waals surface area contributed by atoms with Crippen molar-refractivity contribution in [1.82, 2.24) is 9.88 Å². The van der Waals surface area contributed by atoms with E-state index in [1.165, 1.54) is 48.7 Å². The van der Waals surface area contributed by atoms with Crippen LogP contribution in [0.25, 0.3) is 17.0 Å². The number of hydrogen-bond donors (Lipinski definition) is 2. The third-order valence-electron chi connectivity index (χ3n) is 5.51. The molecule has 0 amide bonds. The number of hydrogen-bond acceptors (Lipinski definition) is 11. The van der Waals surface area contributed by atoms with Gasteiger partial charge in [0.1, 0.15) is 11.3 Å². The number of ketones is 1. The molecule has 2 aromatic heterocycles. The molecule has 0 bridgehead atoms. The van der Waals surface area contributed by atoms with Crippen molar-refractivity contribution in [2.45, 2.75) is 6.54 Å². The molecule has 2 aromatic carbocycles. The Labute approximate surface area is 220 Å². The lowest BCUT2D eigenvalue weighted by molar-refractivity contribution is -0.384. The Bertz CT molecular complexity index is 1510. The summed E-state index contributed by atoms with van der Waals surface area (Å²) in [6.07, 6.45) is 2.94. The van der Waals surface area contributed by atoms with Crippen molar-refractivity contribution in [3.8, 4) is 5.75 Å². The minimum Gasteiger partial charge on any atom is -0.453 e. The molecule has 0 aliphatic rings. The van der Waals surface area contributed by atoms with Gasteiger partial charge in [0.05, 0.1) is 18.1 Å². The number of aliphatic hydroxyl groups excluding tert-OH is 2. The van der Waals surface area contributed by atoms with Gasteiger partial charge in [-0.2, -0.15) is 0 Å². The molecule has 196 valence electrons. The maximum atomic E-state index is 13.1. The van der Waals surface area contributed by atoms with E-state index in [-0.39, 0.29) is 41.0 Å². The van der Waals surface area contributed by atoms with Gasteiger partial charge in [-0.15, -0.1) is 11.3 Å². The molecule has 4 aromatic rings. The predicted octanol–water partition coefficient (Wildman–Crippen LogP) is 3.25. The fourth-order valence-corrected chi connectivity index (χ4v) is 4.33. The molecule has 0 saturated heterocycles. The molecule has 2 N–H and O–H groups in total. The fourth-order valence-electron chi connectivity index (χ4n) is 3.75. The van der Waals surface area contributed by atoms with E-state index in [0.717, 1.165) is 11.3 Å². The topological polar surface area (TPSA) is 156 Å². The summed E-state index contributed by atoms with van der Waals surface area (Å²) in [4.78, 5) is 41.7. The van der Waals surface area contributed by atoms with Gasteiger partial charge in [-0.3, -0.25) is 19.8 Å². The molecular weight excluding hydrogens is 514 g/mol. The SMILES string of the molecule is O=C(/C(=C/c1ccc([N+](=O)[O-])cc1)Oc1ccc2c(CN(CCO)CCO)cc(=O)oc2c1)c1nccs1. The lowest BCUT2D eigenvalue weighted by Gasteiger charge is -2.20. The van der Waals surface area contributed by atoms with Gasteiger partial charge in [-0.1, -0.05) is 0 Å². The lowest BCUT2D eigenvalue weighted by atomic mass is 10.1. The third-order valence-corrected chi connectivity index (χ3v) is 6.28. The van der Waals surface area contributed by atoms with Gasteiger partial charge < -0.3 is 19.4 Å². The quantitative estimate of drug-likeness (QED) is 0.0687. The van der Waals surface area contributed by atoms with Crippen LogP contribution in [0.5, 0.6) is 5.75 Å². The fraction of sp³-hybridized carbons (Fsp3) is 0.192. The van der Waals surface area contributed by atoms with E-state index in [2.05, 4.69) is 4.98 Å². The Morgan fingerprint density at radius 2 is 1.87 bits per heavy atom. The number of carbonyl (C=O) groups excluding carboxylic acids is 1. The predicted molar refractivity (Wildman–Crippen MR) is 140 cm³/mol. The van der Waals surface area contributed by atoms with Gasteiger partial charge >= 0.3 is 5.63 Å². The van der Waals surface area contributed by atoms with Crippen LogP contribution in [0.2, 0.25) is 0 Å². The average molecular weight is 538 g/mol. The Balaban J connectivity index is 1.69. The first kappa shape index (κ1) is 26.8. The molecule has 0 fully saturated rings.